The summed E-state index contributed by atoms with van der Waals surface area (Å²) >= 11 is 0. The van der Waals surface area contributed by atoms with E-state index in [9.17, 15) is 9.59 Å². The summed E-state index contributed by atoms with van der Waals surface area (Å²) in [5, 5.41) is 2.84. The van der Waals surface area contributed by atoms with Crippen molar-refractivity contribution >= 4 is 11.8 Å². The zero-order valence-electron chi connectivity index (χ0n) is 12.7. The number of amides is 2. The Morgan fingerprint density at radius 2 is 1.91 bits per heavy atom. The molecule has 2 amide bonds. The minimum atomic E-state index is -0.142. The van der Waals surface area contributed by atoms with Crippen LogP contribution in [0.15, 0.2) is 42.7 Å². The van der Waals surface area contributed by atoms with Crippen molar-refractivity contribution in [2.24, 2.45) is 0 Å². The highest BCUT2D eigenvalue weighted by molar-refractivity contribution is 5.94. The van der Waals surface area contributed by atoms with E-state index in [1.165, 1.54) is 0 Å². The SMILES string of the molecule is O=C(NCCN1CCCC1=O)c1ccc(-c2ncccn2)cc1. The Labute approximate surface area is 134 Å². The Hall–Kier alpha value is -2.76. The van der Waals surface area contributed by atoms with Crippen LogP contribution >= 0.6 is 0 Å². The van der Waals surface area contributed by atoms with Crippen LogP contribution in [-0.4, -0.2) is 46.3 Å². The first-order chi connectivity index (χ1) is 11.2. The number of carbonyl (C=O) groups is 2. The van der Waals surface area contributed by atoms with Crippen LogP contribution in [0.25, 0.3) is 11.4 Å². The third kappa shape index (κ3) is 3.71. The molecule has 6 heteroatoms. The predicted molar refractivity (Wildman–Crippen MR) is 85.6 cm³/mol. The molecule has 1 aliphatic heterocycles. The number of nitrogens with zero attached hydrogens (tertiary/aromatic N) is 3. The van der Waals surface area contributed by atoms with Crippen LogP contribution in [-0.2, 0) is 4.79 Å². The Morgan fingerprint density at radius 3 is 2.57 bits per heavy atom. The van der Waals surface area contributed by atoms with E-state index in [2.05, 4.69) is 15.3 Å². The van der Waals surface area contributed by atoms with Crippen molar-refractivity contribution in [3.05, 3.63) is 48.3 Å². The summed E-state index contributed by atoms with van der Waals surface area (Å²) in [7, 11) is 0. The molecule has 118 valence electrons. The van der Waals surface area contributed by atoms with E-state index in [-0.39, 0.29) is 11.8 Å². The fraction of sp³-hybridized carbons (Fsp3) is 0.294. The summed E-state index contributed by atoms with van der Waals surface area (Å²) < 4.78 is 0. The monoisotopic (exact) mass is 310 g/mol. The van der Waals surface area contributed by atoms with Gasteiger partial charge in [-0.1, -0.05) is 12.1 Å². The van der Waals surface area contributed by atoms with Gasteiger partial charge < -0.3 is 10.2 Å². The molecule has 2 heterocycles. The lowest BCUT2D eigenvalue weighted by molar-refractivity contribution is -0.127. The highest BCUT2D eigenvalue weighted by Crippen LogP contribution is 2.14. The van der Waals surface area contributed by atoms with Gasteiger partial charge in [-0.3, -0.25) is 9.59 Å². The lowest BCUT2D eigenvalue weighted by Crippen LogP contribution is -2.35. The maximum absolute atomic E-state index is 12.1. The summed E-state index contributed by atoms with van der Waals surface area (Å²) in [4.78, 5) is 33.7. The van der Waals surface area contributed by atoms with Crippen LogP contribution in [0.1, 0.15) is 23.2 Å². The van der Waals surface area contributed by atoms with Crippen LogP contribution in [0.5, 0.6) is 0 Å². The van der Waals surface area contributed by atoms with Gasteiger partial charge in [0.15, 0.2) is 5.82 Å². The molecular weight excluding hydrogens is 292 g/mol. The lowest BCUT2D eigenvalue weighted by atomic mass is 10.1. The molecule has 1 aromatic carbocycles. The topological polar surface area (TPSA) is 75.2 Å². The molecule has 0 atom stereocenters. The maximum Gasteiger partial charge on any atom is 0.251 e. The van der Waals surface area contributed by atoms with E-state index in [0.29, 0.717) is 30.9 Å². The van der Waals surface area contributed by atoms with Crippen molar-refractivity contribution in [3.63, 3.8) is 0 Å². The first kappa shape index (κ1) is 15.1. The molecule has 0 spiro atoms. The molecule has 1 N–H and O–H groups in total. The van der Waals surface area contributed by atoms with Gasteiger partial charge in [0.05, 0.1) is 0 Å². The van der Waals surface area contributed by atoms with E-state index >= 15 is 0 Å². The second-order valence-corrected chi connectivity index (χ2v) is 5.39. The van der Waals surface area contributed by atoms with Crippen LogP contribution in [0.3, 0.4) is 0 Å². The Kier molecular flexibility index (Phi) is 4.61. The second kappa shape index (κ2) is 7.00. The molecule has 3 rings (SSSR count). The van der Waals surface area contributed by atoms with Gasteiger partial charge in [0.25, 0.3) is 5.91 Å². The lowest BCUT2D eigenvalue weighted by Gasteiger charge is -2.15. The van der Waals surface area contributed by atoms with Crippen molar-refractivity contribution in [1.82, 2.24) is 20.2 Å². The number of carbonyl (C=O) groups excluding carboxylic acids is 2. The van der Waals surface area contributed by atoms with E-state index in [1.54, 1.807) is 35.5 Å². The molecule has 2 aromatic rings. The van der Waals surface area contributed by atoms with Gasteiger partial charge in [-0.05, 0) is 24.6 Å². The number of rotatable bonds is 5. The van der Waals surface area contributed by atoms with Crippen molar-refractivity contribution < 1.29 is 9.59 Å². The fourth-order valence-corrected chi connectivity index (χ4v) is 2.57. The minimum absolute atomic E-state index is 0.142. The molecule has 0 aliphatic carbocycles. The number of aromatic nitrogens is 2. The van der Waals surface area contributed by atoms with Crippen LogP contribution in [0.4, 0.5) is 0 Å². The second-order valence-electron chi connectivity index (χ2n) is 5.39. The molecule has 1 fully saturated rings. The minimum Gasteiger partial charge on any atom is -0.350 e. The molecule has 0 radical (unpaired) electrons. The molecule has 1 aromatic heterocycles. The molecule has 1 aliphatic rings. The quantitative estimate of drug-likeness (QED) is 0.908. The fourth-order valence-electron chi connectivity index (χ4n) is 2.57. The van der Waals surface area contributed by atoms with Gasteiger partial charge in [-0.2, -0.15) is 0 Å². The number of benzene rings is 1. The van der Waals surface area contributed by atoms with Crippen LogP contribution < -0.4 is 5.32 Å². The molecular formula is C17H18N4O2. The zero-order valence-corrected chi connectivity index (χ0v) is 12.7. The average molecular weight is 310 g/mol. The van der Waals surface area contributed by atoms with Crippen molar-refractivity contribution in [2.75, 3.05) is 19.6 Å². The summed E-state index contributed by atoms with van der Waals surface area (Å²) in [6.45, 7) is 1.83. The van der Waals surface area contributed by atoms with Gasteiger partial charge in [0, 0.05) is 49.6 Å². The zero-order chi connectivity index (χ0) is 16.1. The van der Waals surface area contributed by atoms with Gasteiger partial charge in [-0.15, -0.1) is 0 Å². The molecule has 1 saturated heterocycles. The Balaban J connectivity index is 1.54. The standard InChI is InChI=1S/C17H18N4O2/c22-15-3-1-11-21(15)12-10-20-17(23)14-6-4-13(5-7-14)16-18-8-2-9-19-16/h2,4-9H,1,3,10-12H2,(H,20,23). The van der Waals surface area contributed by atoms with E-state index in [0.717, 1.165) is 18.5 Å². The average Bonchev–Trinajstić information content (AvgIpc) is 3.01. The highest BCUT2D eigenvalue weighted by Gasteiger charge is 2.19. The number of hydrogen-bond donors (Lipinski definition) is 1. The number of nitrogens with one attached hydrogen (secondary N) is 1. The maximum atomic E-state index is 12.1. The Morgan fingerprint density at radius 1 is 1.17 bits per heavy atom. The van der Waals surface area contributed by atoms with Gasteiger partial charge in [-0.25, -0.2) is 9.97 Å². The summed E-state index contributed by atoms with van der Waals surface area (Å²) in [6, 6.07) is 8.92. The first-order valence-corrected chi connectivity index (χ1v) is 7.67. The third-order valence-electron chi connectivity index (χ3n) is 3.81. The van der Waals surface area contributed by atoms with Crippen LogP contribution in [0.2, 0.25) is 0 Å². The summed E-state index contributed by atoms with van der Waals surface area (Å²) in [5.74, 6) is 0.663. The molecule has 0 unspecified atom stereocenters. The van der Waals surface area contributed by atoms with Crippen molar-refractivity contribution in [2.45, 2.75) is 12.8 Å². The van der Waals surface area contributed by atoms with Gasteiger partial charge in [0.1, 0.15) is 0 Å². The van der Waals surface area contributed by atoms with Gasteiger partial charge >= 0.3 is 0 Å². The van der Waals surface area contributed by atoms with E-state index in [1.807, 2.05) is 12.1 Å². The van der Waals surface area contributed by atoms with E-state index < -0.39 is 0 Å². The molecule has 6 nitrogen and oxygen atoms in total. The normalized spacial score (nSPS) is 14.1. The highest BCUT2D eigenvalue weighted by atomic mass is 16.2. The smallest absolute Gasteiger partial charge is 0.251 e. The first-order valence-electron chi connectivity index (χ1n) is 7.67. The largest absolute Gasteiger partial charge is 0.350 e. The summed E-state index contributed by atoms with van der Waals surface area (Å²) in [5.41, 5.74) is 1.45. The van der Waals surface area contributed by atoms with Crippen LogP contribution in [0, 0.1) is 0 Å². The molecule has 23 heavy (non-hydrogen) atoms. The third-order valence-corrected chi connectivity index (χ3v) is 3.81. The number of likely N-dealkylation sites (tertiary alicyclic amines) is 1. The Bertz CT molecular complexity index is 685. The van der Waals surface area contributed by atoms with Crippen molar-refractivity contribution in [1.29, 1.82) is 0 Å². The predicted octanol–water partition coefficient (Wildman–Crippen LogP) is 1.50. The van der Waals surface area contributed by atoms with E-state index in [4.69, 9.17) is 0 Å². The summed E-state index contributed by atoms with van der Waals surface area (Å²) in [6.07, 6.45) is 4.90. The number of hydrogen-bond acceptors (Lipinski definition) is 4. The molecule has 0 saturated carbocycles. The molecule has 0 bridgehead atoms. The van der Waals surface area contributed by atoms with Gasteiger partial charge in [0.2, 0.25) is 5.91 Å². The van der Waals surface area contributed by atoms with Crippen molar-refractivity contribution in [3.8, 4) is 11.4 Å².